The number of hydrogen-bond donors (Lipinski definition) is 0. The number of aromatic nitrogens is 2. The molecule has 0 saturated heterocycles. The van der Waals surface area contributed by atoms with Crippen LogP contribution in [0.1, 0.15) is 33.3 Å². The number of anilines is 1. The Kier molecular flexibility index (Phi) is 4.30. The fourth-order valence-corrected chi connectivity index (χ4v) is 5.54. The highest BCUT2D eigenvalue weighted by atomic mass is 35.5. The number of benzene rings is 1. The third-order valence-corrected chi connectivity index (χ3v) is 7.50. The molecule has 9 heteroatoms. The Bertz CT molecular complexity index is 1420. The van der Waals surface area contributed by atoms with Crippen molar-refractivity contribution in [1.82, 2.24) is 9.55 Å². The maximum atomic E-state index is 13.5. The molecule has 0 unspecified atom stereocenters. The molecule has 3 aromatic rings. The molecule has 5 rings (SSSR count). The minimum Gasteiger partial charge on any atom is -0.343 e. The van der Waals surface area contributed by atoms with E-state index in [1.54, 1.807) is 28.8 Å². The van der Waals surface area contributed by atoms with Gasteiger partial charge in [0.1, 0.15) is 9.84 Å². The van der Waals surface area contributed by atoms with Crippen molar-refractivity contribution in [1.29, 1.82) is 0 Å². The summed E-state index contributed by atoms with van der Waals surface area (Å²) in [4.78, 5) is 18.8. The molecule has 1 aliphatic heterocycles. The first-order valence-electron chi connectivity index (χ1n) is 10.9. The normalized spacial score (nSPS) is 18.4. The van der Waals surface area contributed by atoms with Crippen LogP contribution in [0.3, 0.4) is 0 Å². The number of hydrogen-bond acceptors (Lipinski definition) is 4. The highest BCUT2D eigenvalue weighted by Crippen LogP contribution is 2.59. The van der Waals surface area contributed by atoms with E-state index >= 15 is 0 Å². The summed E-state index contributed by atoms with van der Waals surface area (Å²) < 4.78 is 43.3. The Hall–Kier alpha value is -2.09. The molecule has 3 heterocycles. The van der Waals surface area contributed by atoms with Crippen molar-refractivity contribution in [3.05, 3.63) is 58.0 Å². The van der Waals surface area contributed by atoms with Crippen molar-refractivity contribution >= 4 is 55.5 Å². The molecule has 2 aliphatic rings. The van der Waals surface area contributed by atoms with E-state index < -0.39 is 21.7 Å². The van der Waals surface area contributed by atoms with E-state index in [1.165, 1.54) is 18.6 Å². The number of sulfone groups is 1. The average Bonchev–Trinajstić information content (AvgIpc) is 3.36. The number of pyridine rings is 1. The smallest absolute Gasteiger partial charge is 0.238 e. The van der Waals surface area contributed by atoms with Crippen LogP contribution in [0, 0.1) is 0 Å². The van der Waals surface area contributed by atoms with Gasteiger partial charge in [-0.15, -0.1) is 0 Å². The lowest BCUT2D eigenvalue weighted by Gasteiger charge is -2.19. The Morgan fingerprint density at radius 3 is 2.71 bits per heavy atom. The number of fused-ring (bicyclic) bond motifs is 3. The van der Waals surface area contributed by atoms with Gasteiger partial charge in [0.25, 0.3) is 0 Å². The molecule has 1 amide bonds. The molecular weight excluding hydrogens is 457 g/mol. The van der Waals surface area contributed by atoms with Gasteiger partial charge >= 0.3 is 0 Å². The van der Waals surface area contributed by atoms with Crippen molar-refractivity contribution in [3.63, 3.8) is 0 Å². The van der Waals surface area contributed by atoms with E-state index in [1.807, 2.05) is 0 Å². The molecule has 0 N–H and O–H groups in total. The first-order chi connectivity index (χ1) is 15.5. The highest BCUT2D eigenvalue weighted by molar-refractivity contribution is 7.90. The first kappa shape index (κ1) is 18.5. The summed E-state index contributed by atoms with van der Waals surface area (Å²) in [5.41, 5.74) is 1.17. The van der Waals surface area contributed by atoms with Gasteiger partial charge in [-0.2, -0.15) is 0 Å². The molecule has 1 saturated carbocycles. The van der Waals surface area contributed by atoms with Crippen LogP contribution in [-0.2, 0) is 33.1 Å². The summed E-state index contributed by atoms with van der Waals surface area (Å²) >= 11 is 12.6. The van der Waals surface area contributed by atoms with Gasteiger partial charge in [-0.25, -0.2) is 8.42 Å². The number of carbonyl (C=O) groups excluding carboxylic acids is 1. The molecule has 1 aliphatic carbocycles. The van der Waals surface area contributed by atoms with Crippen LogP contribution in [0.4, 0.5) is 5.69 Å². The molecule has 2 aromatic heterocycles. The molecule has 1 fully saturated rings. The predicted octanol–water partition coefficient (Wildman–Crippen LogP) is 4.36. The van der Waals surface area contributed by atoms with Gasteiger partial charge in [0.05, 0.1) is 37.3 Å². The Morgan fingerprint density at radius 2 is 2.00 bits per heavy atom. The topological polar surface area (TPSA) is 72.3 Å². The van der Waals surface area contributed by atoms with Crippen LogP contribution in [0.2, 0.25) is 10.0 Å². The highest BCUT2D eigenvalue weighted by Gasteiger charge is 2.60. The first-order valence-corrected chi connectivity index (χ1v) is 12.7. The molecule has 0 bridgehead atoms. The maximum Gasteiger partial charge on any atom is 0.238 e. The summed E-state index contributed by atoms with van der Waals surface area (Å²) in [6.07, 6.45) is 5.67. The number of rotatable bonds is 6. The van der Waals surface area contributed by atoms with Crippen LogP contribution in [0.15, 0.2) is 36.7 Å². The second-order valence-corrected chi connectivity index (χ2v) is 11.3. The zero-order chi connectivity index (χ0) is 23.8. The van der Waals surface area contributed by atoms with E-state index in [9.17, 15) is 13.2 Å². The van der Waals surface area contributed by atoms with Gasteiger partial charge in [-0.3, -0.25) is 9.78 Å². The second kappa shape index (κ2) is 7.22. The fraction of sp³-hybridized carbons (Fsp3) is 0.364. The zero-order valence-corrected chi connectivity index (χ0v) is 19.1. The van der Waals surface area contributed by atoms with Crippen LogP contribution in [0.5, 0.6) is 0 Å². The summed E-state index contributed by atoms with van der Waals surface area (Å²) in [6, 6.07) is 6.88. The lowest BCUT2D eigenvalue weighted by Crippen LogP contribution is -2.32. The van der Waals surface area contributed by atoms with Gasteiger partial charge in [-0.1, -0.05) is 23.2 Å². The van der Waals surface area contributed by atoms with Crippen LogP contribution in [0.25, 0.3) is 10.9 Å². The van der Waals surface area contributed by atoms with E-state index in [4.69, 9.17) is 25.9 Å². The molecule has 1 aromatic carbocycles. The lowest BCUT2D eigenvalue weighted by atomic mass is 9.99. The number of halogens is 2. The third-order valence-electron chi connectivity index (χ3n) is 5.95. The maximum absolute atomic E-state index is 13.5. The zero-order valence-electron chi connectivity index (χ0n) is 18.7. The number of carbonyl (C=O) groups is 1. The van der Waals surface area contributed by atoms with Crippen LogP contribution >= 0.6 is 23.2 Å². The van der Waals surface area contributed by atoms with Crippen molar-refractivity contribution in [2.75, 3.05) is 16.9 Å². The largest absolute Gasteiger partial charge is 0.343 e. The van der Waals surface area contributed by atoms with E-state index in [0.717, 1.165) is 4.90 Å². The lowest BCUT2D eigenvalue weighted by molar-refractivity contribution is -0.120. The summed E-state index contributed by atoms with van der Waals surface area (Å²) in [6.45, 7) is -1.97. The molecular formula is C22H21Cl2N3O3S. The van der Waals surface area contributed by atoms with Gasteiger partial charge in [0.2, 0.25) is 5.91 Å². The molecule has 0 radical (unpaired) electrons. The van der Waals surface area contributed by atoms with Crippen LogP contribution in [-0.4, -0.2) is 35.9 Å². The van der Waals surface area contributed by atoms with E-state index in [-0.39, 0.29) is 23.9 Å². The van der Waals surface area contributed by atoms with E-state index in [0.29, 0.717) is 51.5 Å². The Morgan fingerprint density at radius 1 is 1.23 bits per heavy atom. The molecule has 162 valence electrons. The van der Waals surface area contributed by atoms with Gasteiger partial charge < -0.3 is 9.47 Å². The third kappa shape index (κ3) is 3.52. The second-order valence-electron chi connectivity index (χ2n) is 8.22. The summed E-state index contributed by atoms with van der Waals surface area (Å²) in [7, 11) is -3.18. The van der Waals surface area contributed by atoms with Gasteiger partial charge in [0, 0.05) is 46.2 Å². The number of nitrogens with zero attached hydrogens (tertiary/aromatic N) is 3. The van der Waals surface area contributed by atoms with Crippen LogP contribution < -0.4 is 4.90 Å². The monoisotopic (exact) mass is 479 g/mol. The predicted molar refractivity (Wildman–Crippen MR) is 123 cm³/mol. The average molecular weight is 480 g/mol. The van der Waals surface area contributed by atoms with Gasteiger partial charge in [0.15, 0.2) is 0 Å². The van der Waals surface area contributed by atoms with Crippen molar-refractivity contribution in [2.45, 2.75) is 37.7 Å². The minimum atomic E-state index is -3.18. The van der Waals surface area contributed by atoms with Gasteiger partial charge in [-0.05, 0) is 43.5 Å². The molecule has 6 nitrogen and oxygen atoms in total. The van der Waals surface area contributed by atoms with Crippen molar-refractivity contribution in [2.24, 2.45) is 0 Å². The summed E-state index contributed by atoms with van der Waals surface area (Å²) in [5.74, 6) is -0.361. The Balaban J connectivity index is 1.65. The SMILES string of the molecule is [2H]C([2H])(c1cc2cc(Cl)ccc2n1CCCS(C)(=O)=O)N1C(=O)C2(CC2)c2c(Cl)cncc21. The molecule has 1 spiro atoms. The molecule has 0 atom stereocenters. The summed E-state index contributed by atoms with van der Waals surface area (Å²) in [5, 5.41) is 1.56. The Labute approximate surface area is 193 Å². The molecule has 31 heavy (non-hydrogen) atoms. The quantitative estimate of drug-likeness (QED) is 0.526. The number of amides is 1. The minimum absolute atomic E-state index is 0.0309. The number of aryl methyl sites for hydroxylation is 1. The van der Waals surface area contributed by atoms with E-state index in [2.05, 4.69) is 4.98 Å². The van der Waals surface area contributed by atoms with Crippen molar-refractivity contribution in [3.8, 4) is 0 Å². The fourth-order valence-electron chi connectivity index (χ4n) is 4.37. The standard InChI is InChI=1S/C22H21Cl2N3O3S/c1-31(29,30)8-2-7-26-16(10-14-9-15(23)3-4-18(14)26)13-27-19-12-25-11-17(24)20(19)22(5-6-22)21(27)28/h3-4,9-12H,2,5-8,13H2,1H3/i13D2. The van der Waals surface area contributed by atoms with Crippen molar-refractivity contribution < 1.29 is 16.0 Å².